The number of hydrogen-bond donors (Lipinski definition) is 0. The van der Waals surface area contributed by atoms with Crippen molar-refractivity contribution in [3.63, 3.8) is 0 Å². The van der Waals surface area contributed by atoms with Crippen LogP contribution in [0.5, 0.6) is 5.75 Å². The Morgan fingerprint density at radius 1 is 1.28 bits per heavy atom. The number of methoxy groups -OCH3 is 1. The van der Waals surface area contributed by atoms with Crippen molar-refractivity contribution >= 4 is 22.7 Å². The predicted molar refractivity (Wildman–Crippen MR) is 123 cm³/mol. The molecule has 1 aliphatic heterocycles. The Morgan fingerprint density at radius 3 is 2.91 bits per heavy atom. The van der Waals surface area contributed by atoms with Crippen molar-refractivity contribution in [1.82, 2.24) is 9.88 Å². The summed E-state index contributed by atoms with van der Waals surface area (Å²) in [5.41, 5.74) is 3.28. The zero-order valence-electron chi connectivity index (χ0n) is 18.7. The Hall–Kier alpha value is -3.19. The summed E-state index contributed by atoms with van der Waals surface area (Å²) >= 11 is 0. The van der Waals surface area contributed by atoms with Crippen LogP contribution in [-0.2, 0) is 11.2 Å². The third kappa shape index (κ3) is 4.83. The second kappa shape index (κ2) is 9.53. The summed E-state index contributed by atoms with van der Waals surface area (Å²) in [7, 11) is 3.67. The van der Waals surface area contributed by atoms with Crippen molar-refractivity contribution in [3.05, 3.63) is 65.6 Å². The first-order chi connectivity index (χ1) is 15.4. The minimum absolute atomic E-state index is 0.247. The van der Waals surface area contributed by atoms with Crippen LogP contribution in [0, 0.1) is 12.7 Å². The largest absolute Gasteiger partial charge is 0.495 e. The number of benzene rings is 2. The highest BCUT2D eigenvalue weighted by Crippen LogP contribution is 2.25. The molecule has 0 saturated carbocycles. The number of likely N-dealkylation sites (N-methyl/N-ethyl adjacent to an activating group) is 1. The van der Waals surface area contributed by atoms with Gasteiger partial charge in [-0.1, -0.05) is 18.2 Å². The van der Waals surface area contributed by atoms with E-state index in [9.17, 15) is 9.18 Å². The first kappa shape index (κ1) is 22.0. The summed E-state index contributed by atoms with van der Waals surface area (Å²) < 4.78 is 24.7. The molecule has 0 aliphatic carbocycles. The van der Waals surface area contributed by atoms with Crippen molar-refractivity contribution in [3.8, 4) is 5.75 Å². The first-order valence-corrected chi connectivity index (χ1v) is 10.8. The van der Waals surface area contributed by atoms with Crippen LogP contribution in [0.2, 0.25) is 0 Å². The van der Waals surface area contributed by atoms with Gasteiger partial charge in [0.05, 0.1) is 31.1 Å². The number of aryl methyl sites for hydroxylation is 2. The van der Waals surface area contributed by atoms with E-state index in [1.807, 2.05) is 25.2 Å². The molecule has 1 unspecified atom stereocenters. The molecule has 7 heteroatoms. The number of carbonyl (C=O) groups is 1. The van der Waals surface area contributed by atoms with E-state index in [4.69, 9.17) is 9.47 Å². The van der Waals surface area contributed by atoms with Crippen molar-refractivity contribution in [2.75, 3.05) is 38.7 Å². The Morgan fingerprint density at radius 2 is 2.12 bits per heavy atom. The Kier molecular flexibility index (Phi) is 6.55. The summed E-state index contributed by atoms with van der Waals surface area (Å²) in [6.07, 6.45) is 2.93. The maximum atomic E-state index is 13.9. The van der Waals surface area contributed by atoms with Gasteiger partial charge in [0.15, 0.2) is 0 Å². The standard InChI is InChI=1S/C25H28FN3O3/c1-17-9-10-19(12-23(17)26)29-16-21(32-25(29)30)15-28(2)11-5-7-18-6-4-8-24-22(18)13-20(31-3)14-27-24/h4,6,8-10,12-14,21H,5,7,11,15-16H2,1-3H3. The molecule has 2 aromatic carbocycles. The molecule has 4 rings (SSSR count). The molecule has 1 aliphatic rings. The van der Waals surface area contributed by atoms with Crippen molar-refractivity contribution in [2.45, 2.75) is 25.9 Å². The quantitative estimate of drug-likeness (QED) is 0.516. The van der Waals surface area contributed by atoms with Gasteiger partial charge in [-0.25, -0.2) is 9.18 Å². The number of carbonyl (C=O) groups excluding carboxylic acids is 1. The number of amides is 1. The topological polar surface area (TPSA) is 54.9 Å². The Balaban J connectivity index is 1.31. The molecule has 1 fully saturated rings. The third-order valence-electron chi connectivity index (χ3n) is 5.87. The highest BCUT2D eigenvalue weighted by atomic mass is 19.1. The van der Waals surface area contributed by atoms with Crippen molar-refractivity contribution in [2.24, 2.45) is 0 Å². The van der Waals surface area contributed by atoms with E-state index in [2.05, 4.69) is 16.0 Å². The maximum absolute atomic E-state index is 13.9. The third-order valence-corrected chi connectivity index (χ3v) is 5.87. The number of aromatic nitrogens is 1. The fourth-order valence-corrected chi connectivity index (χ4v) is 4.08. The van der Waals surface area contributed by atoms with E-state index in [0.717, 1.165) is 36.0 Å². The molecule has 0 radical (unpaired) electrons. The van der Waals surface area contributed by atoms with Gasteiger partial charge in [0.25, 0.3) is 0 Å². The molecular weight excluding hydrogens is 409 g/mol. The molecule has 0 spiro atoms. The van der Waals surface area contributed by atoms with Crippen molar-refractivity contribution in [1.29, 1.82) is 0 Å². The molecule has 168 valence electrons. The second-order valence-electron chi connectivity index (χ2n) is 8.27. The maximum Gasteiger partial charge on any atom is 0.414 e. The molecular formula is C25H28FN3O3. The molecule has 32 heavy (non-hydrogen) atoms. The number of anilines is 1. The normalized spacial score (nSPS) is 16.1. The van der Waals surface area contributed by atoms with E-state index in [-0.39, 0.29) is 11.9 Å². The molecule has 3 aromatic rings. The van der Waals surface area contributed by atoms with Gasteiger partial charge >= 0.3 is 6.09 Å². The average Bonchev–Trinajstić information content (AvgIpc) is 3.15. The van der Waals surface area contributed by atoms with Gasteiger partial charge in [-0.3, -0.25) is 9.88 Å². The number of hydrogen-bond acceptors (Lipinski definition) is 5. The summed E-state index contributed by atoms with van der Waals surface area (Å²) in [4.78, 5) is 20.4. The lowest BCUT2D eigenvalue weighted by Crippen LogP contribution is -2.33. The van der Waals surface area contributed by atoms with Gasteiger partial charge in [0.2, 0.25) is 0 Å². The zero-order valence-corrected chi connectivity index (χ0v) is 18.7. The SMILES string of the molecule is COc1cnc2cccc(CCCN(C)CC3CN(c4ccc(C)c(F)c4)C(=O)O3)c2c1. The summed E-state index contributed by atoms with van der Waals surface area (Å²) in [6, 6.07) is 13.0. The monoisotopic (exact) mass is 437 g/mol. The molecule has 0 bridgehead atoms. The summed E-state index contributed by atoms with van der Waals surface area (Å²) in [6.45, 7) is 3.60. The van der Waals surface area contributed by atoms with Gasteiger partial charge in [-0.05, 0) is 68.8 Å². The fourth-order valence-electron chi connectivity index (χ4n) is 4.08. The number of fused-ring (bicyclic) bond motifs is 1. The van der Waals surface area contributed by atoms with Crippen LogP contribution >= 0.6 is 0 Å². The zero-order chi connectivity index (χ0) is 22.7. The van der Waals surface area contributed by atoms with Crippen LogP contribution in [0.1, 0.15) is 17.5 Å². The van der Waals surface area contributed by atoms with Gasteiger partial charge < -0.3 is 14.4 Å². The summed E-state index contributed by atoms with van der Waals surface area (Å²) in [5.74, 6) is 0.431. The number of nitrogens with zero attached hydrogens (tertiary/aromatic N) is 3. The first-order valence-electron chi connectivity index (χ1n) is 10.8. The number of pyridine rings is 1. The minimum atomic E-state index is -0.427. The van der Waals surface area contributed by atoms with Crippen LogP contribution in [0.25, 0.3) is 10.9 Å². The molecule has 0 N–H and O–H groups in total. The van der Waals surface area contributed by atoms with Gasteiger partial charge in [-0.2, -0.15) is 0 Å². The molecule has 1 amide bonds. The van der Waals surface area contributed by atoms with Gasteiger partial charge in [0.1, 0.15) is 17.7 Å². The summed E-state index contributed by atoms with van der Waals surface area (Å²) in [5, 5.41) is 1.11. The van der Waals surface area contributed by atoms with E-state index in [1.165, 1.54) is 16.5 Å². The number of ether oxygens (including phenoxy) is 2. The lowest BCUT2D eigenvalue weighted by Gasteiger charge is -2.20. The van der Waals surface area contributed by atoms with E-state index in [1.54, 1.807) is 32.4 Å². The second-order valence-corrected chi connectivity index (χ2v) is 8.27. The number of rotatable bonds is 8. The highest BCUT2D eigenvalue weighted by molar-refractivity contribution is 5.89. The molecule has 6 nitrogen and oxygen atoms in total. The Labute approximate surface area is 187 Å². The van der Waals surface area contributed by atoms with Gasteiger partial charge in [0, 0.05) is 11.9 Å². The van der Waals surface area contributed by atoms with Crippen LogP contribution in [0.3, 0.4) is 0 Å². The van der Waals surface area contributed by atoms with E-state index >= 15 is 0 Å². The number of halogens is 1. The van der Waals surface area contributed by atoms with E-state index in [0.29, 0.717) is 24.3 Å². The average molecular weight is 438 g/mol. The van der Waals surface area contributed by atoms with Crippen LogP contribution in [0.15, 0.2) is 48.7 Å². The predicted octanol–water partition coefficient (Wildman–Crippen LogP) is 4.58. The Bertz CT molecular complexity index is 1120. The van der Waals surface area contributed by atoms with Crippen LogP contribution < -0.4 is 9.64 Å². The fraction of sp³-hybridized carbons (Fsp3) is 0.360. The lowest BCUT2D eigenvalue weighted by atomic mass is 10.0. The lowest BCUT2D eigenvalue weighted by molar-refractivity contribution is 0.117. The van der Waals surface area contributed by atoms with Gasteiger partial charge in [-0.15, -0.1) is 0 Å². The molecule has 1 aromatic heterocycles. The van der Waals surface area contributed by atoms with Crippen molar-refractivity contribution < 1.29 is 18.7 Å². The molecule has 2 heterocycles. The highest BCUT2D eigenvalue weighted by Gasteiger charge is 2.33. The van der Waals surface area contributed by atoms with Crippen LogP contribution in [0.4, 0.5) is 14.9 Å². The smallest absolute Gasteiger partial charge is 0.414 e. The number of cyclic esters (lactones) is 1. The van der Waals surface area contributed by atoms with Crippen LogP contribution in [-0.4, -0.2) is 55.9 Å². The minimum Gasteiger partial charge on any atom is -0.495 e. The van der Waals surface area contributed by atoms with E-state index < -0.39 is 6.09 Å². The molecule has 1 atom stereocenters. The molecule has 1 saturated heterocycles.